The molecule has 0 fully saturated rings. The Morgan fingerprint density at radius 1 is 0.960 bits per heavy atom. The van der Waals surface area contributed by atoms with E-state index in [0.717, 1.165) is 22.2 Å². The molecule has 122 valence electrons. The number of aromatic nitrogens is 1. The first kappa shape index (κ1) is 15.1. The number of rotatable bonds is 3. The monoisotopic (exact) mass is 329 g/mol. The standard InChI is InChI=1S/C21H15NO3/c1-14-7-9-16(10-8-14)21(23)24-17-11-12-18-19(13-17)25-22-20(18)15-5-3-2-4-6-15/h2-13H,1H3. The molecule has 25 heavy (non-hydrogen) atoms. The molecule has 4 aromatic rings. The molecule has 0 aliphatic rings. The van der Waals surface area contributed by atoms with Gasteiger partial charge < -0.3 is 9.26 Å². The lowest BCUT2D eigenvalue weighted by Crippen LogP contribution is -2.08. The Balaban J connectivity index is 1.62. The maximum Gasteiger partial charge on any atom is 0.343 e. The van der Waals surface area contributed by atoms with Gasteiger partial charge in [-0.2, -0.15) is 0 Å². The summed E-state index contributed by atoms with van der Waals surface area (Å²) in [6.07, 6.45) is 0. The Morgan fingerprint density at radius 2 is 1.72 bits per heavy atom. The molecule has 0 aliphatic carbocycles. The Kier molecular flexibility index (Phi) is 3.78. The van der Waals surface area contributed by atoms with Crippen LogP contribution in [0.4, 0.5) is 0 Å². The number of ether oxygens (including phenoxy) is 1. The Labute approximate surface area is 144 Å². The van der Waals surface area contributed by atoms with Crippen LogP contribution in [0.1, 0.15) is 15.9 Å². The molecule has 0 bridgehead atoms. The van der Waals surface area contributed by atoms with E-state index < -0.39 is 5.97 Å². The van der Waals surface area contributed by atoms with Gasteiger partial charge in [-0.25, -0.2) is 4.79 Å². The second-order valence-corrected chi connectivity index (χ2v) is 5.81. The number of benzene rings is 3. The molecule has 1 heterocycles. The summed E-state index contributed by atoms with van der Waals surface area (Å²) in [5, 5.41) is 5.01. The fourth-order valence-corrected chi connectivity index (χ4v) is 2.64. The SMILES string of the molecule is Cc1ccc(C(=O)Oc2ccc3c(-c4ccccc4)noc3c2)cc1. The number of nitrogens with zero attached hydrogens (tertiary/aromatic N) is 1. The predicted molar refractivity (Wildman–Crippen MR) is 95.6 cm³/mol. The van der Waals surface area contributed by atoms with Crippen LogP contribution in [-0.2, 0) is 0 Å². The molecule has 0 radical (unpaired) electrons. The average Bonchev–Trinajstić information content (AvgIpc) is 3.06. The van der Waals surface area contributed by atoms with Crippen LogP contribution in [0.5, 0.6) is 5.75 Å². The van der Waals surface area contributed by atoms with Gasteiger partial charge in [0.15, 0.2) is 5.58 Å². The number of esters is 1. The maximum atomic E-state index is 12.2. The number of aryl methyl sites for hydroxylation is 1. The van der Waals surface area contributed by atoms with E-state index in [2.05, 4.69) is 5.16 Å². The lowest BCUT2D eigenvalue weighted by Gasteiger charge is -2.04. The molecule has 0 saturated carbocycles. The number of carbonyl (C=O) groups is 1. The summed E-state index contributed by atoms with van der Waals surface area (Å²) in [5.41, 5.74) is 3.92. The van der Waals surface area contributed by atoms with Crippen LogP contribution in [0.2, 0.25) is 0 Å². The van der Waals surface area contributed by atoms with Crippen molar-refractivity contribution in [2.75, 3.05) is 0 Å². The van der Waals surface area contributed by atoms with Crippen molar-refractivity contribution in [3.05, 3.63) is 83.9 Å². The van der Waals surface area contributed by atoms with Gasteiger partial charge in [0, 0.05) is 17.0 Å². The van der Waals surface area contributed by atoms with Gasteiger partial charge in [-0.1, -0.05) is 53.2 Å². The third kappa shape index (κ3) is 3.02. The lowest BCUT2D eigenvalue weighted by molar-refractivity contribution is 0.0735. The highest BCUT2D eigenvalue weighted by molar-refractivity contribution is 5.94. The fourth-order valence-electron chi connectivity index (χ4n) is 2.64. The largest absolute Gasteiger partial charge is 0.423 e. The van der Waals surface area contributed by atoms with E-state index in [0.29, 0.717) is 16.9 Å². The molecule has 3 aromatic carbocycles. The molecule has 0 saturated heterocycles. The Morgan fingerprint density at radius 3 is 2.48 bits per heavy atom. The first-order chi connectivity index (χ1) is 12.2. The summed E-state index contributed by atoms with van der Waals surface area (Å²) in [6.45, 7) is 1.97. The van der Waals surface area contributed by atoms with Crippen molar-refractivity contribution < 1.29 is 14.1 Å². The zero-order valence-corrected chi connectivity index (χ0v) is 13.6. The molecule has 0 amide bonds. The van der Waals surface area contributed by atoms with Crippen LogP contribution in [0.25, 0.3) is 22.2 Å². The molecule has 0 atom stereocenters. The van der Waals surface area contributed by atoms with Gasteiger partial charge in [-0.15, -0.1) is 0 Å². The van der Waals surface area contributed by atoms with Crippen LogP contribution >= 0.6 is 0 Å². The Hall–Kier alpha value is -3.40. The molecular weight excluding hydrogens is 314 g/mol. The number of carbonyl (C=O) groups excluding carboxylic acids is 1. The number of hydrogen-bond acceptors (Lipinski definition) is 4. The summed E-state index contributed by atoms with van der Waals surface area (Å²) in [6, 6.07) is 22.3. The van der Waals surface area contributed by atoms with E-state index in [9.17, 15) is 4.79 Å². The van der Waals surface area contributed by atoms with Gasteiger partial charge in [0.1, 0.15) is 11.4 Å². The topological polar surface area (TPSA) is 52.3 Å². The van der Waals surface area contributed by atoms with E-state index >= 15 is 0 Å². The first-order valence-corrected chi connectivity index (χ1v) is 7.94. The zero-order chi connectivity index (χ0) is 17.2. The average molecular weight is 329 g/mol. The lowest BCUT2D eigenvalue weighted by atomic mass is 10.1. The Bertz CT molecular complexity index is 1030. The van der Waals surface area contributed by atoms with Crippen molar-refractivity contribution in [1.82, 2.24) is 5.16 Å². The van der Waals surface area contributed by atoms with Crippen molar-refractivity contribution >= 4 is 16.9 Å². The van der Waals surface area contributed by atoms with Gasteiger partial charge >= 0.3 is 5.97 Å². The highest BCUT2D eigenvalue weighted by Gasteiger charge is 2.13. The number of hydrogen-bond donors (Lipinski definition) is 0. The van der Waals surface area contributed by atoms with E-state index in [4.69, 9.17) is 9.26 Å². The van der Waals surface area contributed by atoms with Gasteiger partial charge in [0.2, 0.25) is 0 Å². The summed E-state index contributed by atoms with van der Waals surface area (Å²) in [4.78, 5) is 12.2. The first-order valence-electron chi connectivity index (χ1n) is 7.94. The van der Waals surface area contributed by atoms with Crippen molar-refractivity contribution in [1.29, 1.82) is 0 Å². The van der Waals surface area contributed by atoms with E-state index in [1.807, 2.05) is 55.5 Å². The smallest absolute Gasteiger partial charge is 0.343 e. The van der Waals surface area contributed by atoms with Crippen LogP contribution in [0, 0.1) is 6.92 Å². The second-order valence-electron chi connectivity index (χ2n) is 5.81. The van der Waals surface area contributed by atoms with Gasteiger partial charge in [0.05, 0.1) is 5.56 Å². The molecule has 0 N–H and O–H groups in total. The van der Waals surface area contributed by atoms with Crippen molar-refractivity contribution in [2.45, 2.75) is 6.92 Å². The van der Waals surface area contributed by atoms with Crippen molar-refractivity contribution in [2.24, 2.45) is 0 Å². The van der Waals surface area contributed by atoms with Gasteiger partial charge in [0.25, 0.3) is 0 Å². The molecule has 4 nitrogen and oxygen atoms in total. The molecule has 4 heteroatoms. The third-order valence-corrected chi connectivity index (χ3v) is 3.99. The van der Waals surface area contributed by atoms with E-state index in [1.165, 1.54) is 0 Å². The van der Waals surface area contributed by atoms with Crippen molar-refractivity contribution in [3.63, 3.8) is 0 Å². The zero-order valence-electron chi connectivity index (χ0n) is 13.6. The quantitative estimate of drug-likeness (QED) is 0.391. The third-order valence-electron chi connectivity index (χ3n) is 3.99. The summed E-state index contributed by atoms with van der Waals surface area (Å²) >= 11 is 0. The highest BCUT2D eigenvalue weighted by Crippen LogP contribution is 2.30. The maximum absolute atomic E-state index is 12.2. The normalized spacial score (nSPS) is 10.8. The van der Waals surface area contributed by atoms with Crippen LogP contribution in [0.3, 0.4) is 0 Å². The predicted octanol–water partition coefficient (Wildman–Crippen LogP) is 5.02. The second kappa shape index (κ2) is 6.24. The van der Waals surface area contributed by atoms with Gasteiger partial charge in [-0.05, 0) is 31.2 Å². The summed E-state index contributed by atoms with van der Waals surface area (Å²) in [5.74, 6) is 0.0241. The fraction of sp³-hybridized carbons (Fsp3) is 0.0476. The van der Waals surface area contributed by atoms with Crippen LogP contribution in [0.15, 0.2) is 77.3 Å². The number of fused-ring (bicyclic) bond motifs is 1. The van der Waals surface area contributed by atoms with Crippen LogP contribution in [-0.4, -0.2) is 11.1 Å². The minimum atomic E-state index is -0.401. The van der Waals surface area contributed by atoms with Gasteiger partial charge in [-0.3, -0.25) is 0 Å². The minimum absolute atomic E-state index is 0.401. The van der Waals surface area contributed by atoms with Crippen molar-refractivity contribution in [3.8, 4) is 17.0 Å². The van der Waals surface area contributed by atoms with Crippen LogP contribution < -0.4 is 4.74 Å². The summed E-state index contributed by atoms with van der Waals surface area (Å²) in [7, 11) is 0. The molecule has 4 rings (SSSR count). The van der Waals surface area contributed by atoms with E-state index in [1.54, 1.807) is 24.3 Å². The molecule has 0 aliphatic heterocycles. The molecule has 0 unspecified atom stereocenters. The molecular formula is C21H15NO3. The highest BCUT2D eigenvalue weighted by atomic mass is 16.5. The minimum Gasteiger partial charge on any atom is -0.423 e. The molecule has 0 spiro atoms. The summed E-state index contributed by atoms with van der Waals surface area (Å²) < 4.78 is 10.8. The van der Waals surface area contributed by atoms with E-state index in [-0.39, 0.29) is 0 Å². The molecule has 1 aromatic heterocycles.